The number of hydrogen-bond acceptors (Lipinski definition) is 4. The van der Waals surface area contributed by atoms with Crippen LogP contribution in [0.2, 0.25) is 0 Å². The standard InChI is InChI=1S/C8H5NO3S/c10-8(11)6-3-1-2-4-7(6)12-9-5-13/h1-4H,(H,10,11). The highest BCUT2D eigenvalue weighted by Gasteiger charge is 2.09. The van der Waals surface area contributed by atoms with E-state index in [-0.39, 0.29) is 11.3 Å². The first-order valence-electron chi connectivity index (χ1n) is 3.32. The molecule has 4 nitrogen and oxygen atoms in total. The van der Waals surface area contributed by atoms with Crippen LogP contribution in [0, 0.1) is 0 Å². The highest BCUT2D eigenvalue weighted by molar-refractivity contribution is 7.78. The van der Waals surface area contributed by atoms with E-state index >= 15 is 0 Å². The molecule has 0 aliphatic rings. The molecule has 1 N–H and O–H groups in total. The summed E-state index contributed by atoms with van der Waals surface area (Å²) < 4.78 is 0. The summed E-state index contributed by atoms with van der Waals surface area (Å²) in [6.07, 6.45) is 0. The third-order valence-corrected chi connectivity index (χ3v) is 1.37. The summed E-state index contributed by atoms with van der Waals surface area (Å²) in [5.41, 5.74) is 0.0384. The smallest absolute Gasteiger partial charge is 0.339 e. The predicted molar refractivity (Wildman–Crippen MR) is 49.1 cm³/mol. The Hall–Kier alpha value is -1.71. The number of carboxylic acids is 1. The number of benzene rings is 1. The van der Waals surface area contributed by atoms with Crippen LogP contribution in [0.1, 0.15) is 10.4 Å². The molecule has 0 fully saturated rings. The van der Waals surface area contributed by atoms with Gasteiger partial charge < -0.3 is 9.94 Å². The number of carboxylic acid groups (broad SMARTS) is 1. The van der Waals surface area contributed by atoms with Crippen LogP contribution >= 0.6 is 12.2 Å². The fourth-order valence-corrected chi connectivity index (χ4v) is 0.828. The highest BCUT2D eigenvalue weighted by atomic mass is 32.1. The Morgan fingerprint density at radius 3 is 2.85 bits per heavy atom. The quantitative estimate of drug-likeness (QED) is 0.453. The van der Waals surface area contributed by atoms with E-state index in [4.69, 9.17) is 5.11 Å². The van der Waals surface area contributed by atoms with Gasteiger partial charge in [-0.3, -0.25) is 0 Å². The van der Waals surface area contributed by atoms with E-state index < -0.39 is 5.97 Å². The molecule has 13 heavy (non-hydrogen) atoms. The zero-order chi connectivity index (χ0) is 9.68. The normalized spacial score (nSPS) is 8.62. The maximum atomic E-state index is 10.6. The van der Waals surface area contributed by atoms with Gasteiger partial charge in [-0.15, -0.1) is 0 Å². The lowest BCUT2D eigenvalue weighted by atomic mass is 10.2. The Kier molecular flexibility index (Phi) is 3.14. The molecule has 0 unspecified atom stereocenters. The van der Waals surface area contributed by atoms with Gasteiger partial charge in [0.15, 0.2) is 5.75 Å². The minimum Gasteiger partial charge on any atom is -0.478 e. The number of aromatic carboxylic acids is 1. The van der Waals surface area contributed by atoms with E-state index in [2.05, 4.69) is 22.2 Å². The molecular formula is C8H5NO3S. The SMILES string of the molecule is O=C(O)c1ccccc1ON=C=S. The minimum absolute atomic E-state index is 0.0384. The van der Waals surface area contributed by atoms with Crippen LogP contribution in [0.25, 0.3) is 0 Å². The molecule has 66 valence electrons. The van der Waals surface area contributed by atoms with Crippen LogP contribution in [0.5, 0.6) is 5.75 Å². The van der Waals surface area contributed by atoms with Crippen LogP contribution in [0.3, 0.4) is 0 Å². The van der Waals surface area contributed by atoms with Gasteiger partial charge in [0.25, 0.3) is 0 Å². The minimum atomic E-state index is -1.07. The number of rotatable bonds is 3. The van der Waals surface area contributed by atoms with Crippen molar-refractivity contribution >= 4 is 23.3 Å². The van der Waals surface area contributed by atoms with Gasteiger partial charge in [0, 0.05) is 0 Å². The van der Waals surface area contributed by atoms with Crippen LogP contribution in [-0.4, -0.2) is 16.2 Å². The van der Waals surface area contributed by atoms with Gasteiger partial charge in [-0.1, -0.05) is 12.1 Å². The first-order valence-corrected chi connectivity index (χ1v) is 3.73. The van der Waals surface area contributed by atoms with E-state index in [0.717, 1.165) is 0 Å². The Labute approximate surface area is 79.4 Å². The second-order valence-corrected chi connectivity index (χ2v) is 2.26. The topological polar surface area (TPSA) is 58.9 Å². The van der Waals surface area contributed by atoms with Crippen molar-refractivity contribution in [2.45, 2.75) is 0 Å². The third-order valence-electron chi connectivity index (χ3n) is 1.30. The monoisotopic (exact) mass is 195 g/mol. The molecule has 0 bridgehead atoms. The molecule has 0 heterocycles. The van der Waals surface area contributed by atoms with Crippen molar-refractivity contribution in [2.75, 3.05) is 0 Å². The first-order chi connectivity index (χ1) is 6.25. The molecular weight excluding hydrogens is 190 g/mol. The lowest BCUT2D eigenvalue weighted by Crippen LogP contribution is -1.98. The molecule has 0 saturated heterocycles. The van der Waals surface area contributed by atoms with Crippen molar-refractivity contribution in [2.24, 2.45) is 5.16 Å². The first kappa shape index (κ1) is 9.38. The molecule has 0 radical (unpaired) electrons. The van der Waals surface area contributed by atoms with E-state index in [0.29, 0.717) is 0 Å². The molecule has 1 aromatic carbocycles. The summed E-state index contributed by atoms with van der Waals surface area (Å²) in [5.74, 6) is -0.928. The number of para-hydroxylation sites is 1. The van der Waals surface area contributed by atoms with Crippen molar-refractivity contribution < 1.29 is 14.7 Å². The molecule has 0 atom stereocenters. The lowest BCUT2D eigenvalue weighted by Gasteiger charge is -2.00. The highest BCUT2D eigenvalue weighted by Crippen LogP contribution is 2.17. The van der Waals surface area contributed by atoms with Crippen LogP contribution in [0.4, 0.5) is 0 Å². The second-order valence-electron chi connectivity index (χ2n) is 2.08. The number of carbonyl (C=O) groups is 1. The van der Waals surface area contributed by atoms with Crippen molar-refractivity contribution in [1.82, 2.24) is 0 Å². The summed E-state index contributed by atoms with van der Waals surface area (Å²) in [6, 6.07) is 6.13. The van der Waals surface area contributed by atoms with Gasteiger partial charge in [-0.25, -0.2) is 4.79 Å². The van der Waals surface area contributed by atoms with Gasteiger partial charge in [0.1, 0.15) is 10.7 Å². The van der Waals surface area contributed by atoms with E-state index in [1.165, 1.54) is 12.1 Å². The number of nitrogens with zero attached hydrogens (tertiary/aromatic N) is 1. The largest absolute Gasteiger partial charge is 0.478 e. The van der Waals surface area contributed by atoms with Crippen molar-refractivity contribution in [1.29, 1.82) is 0 Å². The Balaban J connectivity index is 3.04. The molecule has 1 aromatic rings. The summed E-state index contributed by atoms with van der Waals surface area (Å²) in [5, 5.41) is 13.9. The maximum absolute atomic E-state index is 10.6. The molecule has 1 rings (SSSR count). The Morgan fingerprint density at radius 2 is 2.23 bits per heavy atom. The number of isothiocyanates is 1. The molecule has 0 amide bonds. The molecule has 0 saturated carbocycles. The molecule has 0 aliphatic carbocycles. The average molecular weight is 195 g/mol. The van der Waals surface area contributed by atoms with Crippen LogP contribution in [-0.2, 0) is 0 Å². The van der Waals surface area contributed by atoms with Gasteiger partial charge in [-0.05, 0) is 29.5 Å². The molecule has 0 aliphatic heterocycles. The summed E-state index contributed by atoms with van der Waals surface area (Å²) in [4.78, 5) is 15.3. The predicted octanol–water partition coefficient (Wildman–Crippen LogP) is 1.78. The fraction of sp³-hybridized carbons (Fsp3) is 0. The second kappa shape index (κ2) is 4.35. The Bertz CT molecular complexity index is 371. The van der Waals surface area contributed by atoms with Crippen LogP contribution < -0.4 is 4.84 Å². The van der Waals surface area contributed by atoms with Gasteiger partial charge in [0.2, 0.25) is 0 Å². The fourth-order valence-electron chi connectivity index (χ4n) is 0.791. The maximum Gasteiger partial charge on any atom is 0.339 e. The zero-order valence-electron chi connectivity index (χ0n) is 6.43. The van der Waals surface area contributed by atoms with Gasteiger partial charge in [-0.2, -0.15) is 0 Å². The summed E-state index contributed by atoms with van der Waals surface area (Å²) >= 11 is 4.27. The zero-order valence-corrected chi connectivity index (χ0v) is 7.25. The molecule has 5 heteroatoms. The number of hydrogen-bond donors (Lipinski definition) is 1. The summed E-state index contributed by atoms with van der Waals surface area (Å²) in [7, 11) is 0. The average Bonchev–Trinajstić information content (AvgIpc) is 2.15. The van der Waals surface area contributed by atoms with E-state index in [1.54, 1.807) is 12.1 Å². The lowest BCUT2D eigenvalue weighted by molar-refractivity contribution is 0.0692. The van der Waals surface area contributed by atoms with E-state index in [1.807, 2.05) is 5.16 Å². The molecule has 0 aromatic heterocycles. The van der Waals surface area contributed by atoms with Crippen molar-refractivity contribution in [3.63, 3.8) is 0 Å². The Morgan fingerprint density at radius 1 is 1.54 bits per heavy atom. The number of thiocarbonyl (C=S) groups is 1. The summed E-state index contributed by atoms with van der Waals surface area (Å²) in [6.45, 7) is 0. The third kappa shape index (κ3) is 2.37. The van der Waals surface area contributed by atoms with Gasteiger partial charge in [0.05, 0.1) is 0 Å². The van der Waals surface area contributed by atoms with Crippen molar-refractivity contribution in [3.05, 3.63) is 29.8 Å². The van der Waals surface area contributed by atoms with Crippen molar-refractivity contribution in [3.8, 4) is 5.75 Å². The van der Waals surface area contributed by atoms with E-state index in [9.17, 15) is 4.79 Å². The van der Waals surface area contributed by atoms with Crippen LogP contribution in [0.15, 0.2) is 29.4 Å². The molecule has 0 spiro atoms. The van der Waals surface area contributed by atoms with Gasteiger partial charge >= 0.3 is 5.97 Å².